The Bertz CT molecular complexity index is 485. The number of ketones is 1. The van der Waals surface area contributed by atoms with Crippen LogP contribution in [-0.2, 0) is 4.79 Å². The number of halogens is 1. The van der Waals surface area contributed by atoms with Crippen LogP contribution in [0.1, 0.15) is 35.2 Å². The van der Waals surface area contributed by atoms with E-state index in [9.17, 15) is 9.59 Å². The van der Waals surface area contributed by atoms with Gasteiger partial charge in [0.25, 0.3) is 11.7 Å². The fraction of sp³-hybridized carbons (Fsp3) is 0.429. The van der Waals surface area contributed by atoms with Crippen LogP contribution in [0.25, 0.3) is 0 Å². The summed E-state index contributed by atoms with van der Waals surface area (Å²) in [6.07, 6.45) is 2.79. The Morgan fingerprint density at radius 1 is 1.17 bits per heavy atom. The van der Waals surface area contributed by atoms with Crippen molar-refractivity contribution >= 4 is 29.0 Å². The molecule has 18 heavy (non-hydrogen) atoms. The molecular formula is C14H16ClNO2. The van der Waals surface area contributed by atoms with Crippen LogP contribution < -0.4 is 4.90 Å². The maximum Gasteiger partial charge on any atom is 0.299 e. The van der Waals surface area contributed by atoms with Crippen molar-refractivity contribution in [2.45, 2.75) is 26.2 Å². The molecule has 0 atom stereocenters. The number of hydrogen-bond acceptors (Lipinski definition) is 2. The number of rotatable bonds is 5. The number of aryl methyl sites for hydroxylation is 1. The Labute approximate surface area is 112 Å². The average molecular weight is 266 g/mol. The standard InChI is InChI=1S/C14H16ClNO2/c1-10-5-6-12-11(9-10)13(17)14(18)16(12)8-4-2-3-7-15/h5-6,9H,2-4,7-8H2,1H3. The van der Waals surface area contributed by atoms with Gasteiger partial charge in [-0.1, -0.05) is 18.1 Å². The summed E-state index contributed by atoms with van der Waals surface area (Å²) in [7, 11) is 0. The van der Waals surface area contributed by atoms with E-state index in [1.165, 1.54) is 0 Å². The van der Waals surface area contributed by atoms with Crippen LogP contribution in [-0.4, -0.2) is 24.1 Å². The topological polar surface area (TPSA) is 37.4 Å². The number of Topliss-reactive ketones (excluding diaryl/α,β-unsaturated/α-hetero) is 1. The summed E-state index contributed by atoms with van der Waals surface area (Å²) in [4.78, 5) is 25.3. The summed E-state index contributed by atoms with van der Waals surface area (Å²) in [5.41, 5.74) is 2.29. The van der Waals surface area contributed by atoms with Gasteiger partial charge in [0.15, 0.2) is 0 Å². The van der Waals surface area contributed by atoms with Crippen LogP contribution in [0.3, 0.4) is 0 Å². The summed E-state index contributed by atoms with van der Waals surface area (Å²) in [5, 5.41) is 0. The van der Waals surface area contributed by atoms with Crippen LogP contribution in [0.15, 0.2) is 18.2 Å². The summed E-state index contributed by atoms with van der Waals surface area (Å²) in [6, 6.07) is 5.57. The van der Waals surface area contributed by atoms with Gasteiger partial charge in [-0.15, -0.1) is 11.6 Å². The van der Waals surface area contributed by atoms with E-state index in [0.717, 1.165) is 30.5 Å². The predicted octanol–water partition coefficient (Wildman–Crippen LogP) is 2.93. The van der Waals surface area contributed by atoms with Gasteiger partial charge in [-0.05, 0) is 31.9 Å². The summed E-state index contributed by atoms with van der Waals surface area (Å²) in [6.45, 7) is 2.51. The lowest BCUT2D eigenvalue weighted by Gasteiger charge is -2.16. The zero-order valence-electron chi connectivity index (χ0n) is 10.4. The van der Waals surface area contributed by atoms with E-state index in [4.69, 9.17) is 11.6 Å². The summed E-state index contributed by atoms with van der Waals surface area (Å²) >= 11 is 5.61. The largest absolute Gasteiger partial charge is 0.305 e. The second-order valence-corrected chi connectivity index (χ2v) is 4.93. The SMILES string of the molecule is Cc1ccc2c(c1)C(=O)C(=O)N2CCCCCCl. The van der Waals surface area contributed by atoms with Gasteiger partial charge in [0, 0.05) is 12.4 Å². The Hall–Kier alpha value is -1.35. The molecule has 1 aliphatic rings. The Morgan fingerprint density at radius 2 is 1.94 bits per heavy atom. The number of fused-ring (bicyclic) bond motifs is 1. The highest BCUT2D eigenvalue weighted by molar-refractivity contribution is 6.52. The van der Waals surface area contributed by atoms with Gasteiger partial charge in [-0.25, -0.2) is 0 Å². The molecule has 0 saturated heterocycles. The van der Waals surface area contributed by atoms with Crippen LogP contribution >= 0.6 is 11.6 Å². The lowest BCUT2D eigenvalue weighted by molar-refractivity contribution is -0.114. The molecule has 0 bridgehead atoms. The van der Waals surface area contributed by atoms with E-state index in [0.29, 0.717) is 18.0 Å². The normalized spacial score (nSPS) is 14.2. The zero-order valence-corrected chi connectivity index (χ0v) is 11.2. The number of anilines is 1. The van der Waals surface area contributed by atoms with Crippen molar-refractivity contribution in [2.75, 3.05) is 17.3 Å². The lowest BCUT2D eigenvalue weighted by Crippen LogP contribution is -2.30. The third-order valence-electron chi connectivity index (χ3n) is 3.14. The minimum Gasteiger partial charge on any atom is -0.305 e. The van der Waals surface area contributed by atoms with Gasteiger partial charge in [0.05, 0.1) is 11.3 Å². The number of amides is 1. The van der Waals surface area contributed by atoms with Crippen LogP contribution in [0.2, 0.25) is 0 Å². The molecule has 0 saturated carbocycles. The maximum atomic E-state index is 11.9. The third-order valence-corrected chi connectivity index (χ3v) is 3.41. The molecule has 0 radical (unpaired) electrons. The molecule has 1 aromatic rings. The predicted molar refractivity (Wildman–Crippen MR) is 72.4 cm³/mol. The highest BCUT2D eigenvalue weighted by Gasteiger charge is 2.35. The van der Waals surface area contributed by atoms with E-state index in [1.54, 1.807) is 11.0 Å². The molecule has 0 fully saturated rings. The van der Waals surface area contributed by atoms with Crippen LogP contribution in [0.4, 0.5) is 5.69 Å². The Morgan fingerprint density at radius 3 is 2.67 bits per heavy atom. The van der Waals surface area contributed by atoms with E-state index in [1.807, 2.05) is 19.1 Å². The number of hydrogen-bond donors (Lipinski definition) is 0. The van der Waals surface area contributed by atoms with Gasteiger partial charge >= 0.3 is 0 Å². The Balaban J connectivity index is 2.13. The molecule has 1 aromatic carbocycles. The smallest absolute Gasteiger partial charge is 0.299 e. The first-order valence-electron chi connectivity index (χ1n) is 6.18. The fourth-order valence-corrected chi connectivity index (χ4v) is 2.37. The van der Waals surface area contributed by atoms with Gasteiger partial charge in [-0.2, -0.15) is 0 Å². The van der Waals surface area contributed by atoms with Gasteiger partial charge < -0.3 is 4.90 Å². The van der Waals surface area contributed by atoms with Gasteiger partial charge in [-0.3, -0.25) is 9.59 Å². The van der Waals surface area contributed by atoms with Crippen molar-refractivity contribution in [3.63, 3.8) is 0 Å². The van der Waals surface area contributed by atoms with E-state index in [2.05, 4.69) is 0 Å². The first kappa shape index (κ1) is 13.1. The van der Waals surface area contributed by atoms with Crippen molar-refractivity contribution in [2.24, 2.45) is 0 Å². The number of unbranched alkanes of at least 4 members (excludes halogenated alkanes) is 2. The molecule has 1 amide bonds. The lowest BCUT2D eigenvalue weighted by atomic mass is 10.1. The quantitative estimate of drug-likeness (QED) is 0.466. The molecular weight excluding hydrogens is 250 g/mol. The molecule has 1 heterocycles. The van der Waals surface area contributed by atoms with Gasteiger partial charge in [0.1, 0.15) is 0 Å². The molecule has 4 heteroatoms. The number of alkyl halides is 1. The van der Waals surface area contributed by atoms with Gasteiger partial charge in [0.2, 0.25) is 0 Å². The second-order valence-electron chi connectivity index (χ2n) is 4.56. The Kier molecular flexibility index (Phi) is 4.02. The molecule has 3 nitrogen and oxygen atoms in total. The minimum atomic E-state index is -0.401. The molecule has 96 valence electrons. The second kappa shape index (κ2) is 5.53. The van der Waals surface area contributed by atoms with Crippen molar-refractivity contribution < 1.29 is 9.59 Å². The molecule has 0 N–H and O–H groups in total. The summed E-state index contributed by atoms with van der Waals surface area (Å²) < 4.78 is 0. The van der Waals surface area contributed by atoms with Crippen LogP contribution in [0.5, 0.6) is 0 Å². The van der Waals surface area contributed by atoms with E-state index < -0.39 is 5.91 Å². The molecule has 0 spiro atoms. The van der Waals surface area contributed by atoms with Crippen LogP contribution in [0, 0.1) is 6.92 Å². The molecule has 1 aliphatic heterocycles. The average Bonchev–Trinajstić information content (AvgIpc) is 2.59. The monoisotopic (exact) mass is 265 g/mol. The highest BCUT2D eigenvalue weighted by atomic mass is 35.5. The number of carbonyl (C=O) groups is 2. The zero-order chi connectivity index (χ0) is 13.1. The fourth-order valence-electron chi connectivity index (χ4n) is 2.18. The number of benzene rings is 1. The first-order chi connectivity index (χ1) is 8.65. The minimum absolute atomic E-state index is 0.383. The third kappa shape index (κ3) is 2.41. The highest BCUT2D eigenvalue weighted by Crippen LogP contribution is 2.29. The number of nitrogens with zero attached hydrogens (tertiary/aromatic N) is 1. The molecule has 0 aliphatic carbocycles. The van der Waals surface area contributed by atoms with E-state index >= 15 is 0 Å². The van der Waals surface area contributed by atoms with Crippen molar-refractivity contribution in [3.05, 3.63) is 29.3 Å². The van der Waals surface area contributed by atoms with E-state index in [-0.39, 0.29) is 5.78 Å². The first-order valence-corrected chi connectivity index (χ1v) is 6.71. The van der Waals surface area contributed by atoms with Crippen molar-refractivity contribution in [3.8, 4) is 0 Å². The van der Waals surface area contributed by atoms with Crippen molar-refractivity contribution in [1.29, 1.82) is 0 Å². The molecule has 2 rings (SSSR count). The molecule has 0 aromatic heterocycles. The molecule has 0 unspecified atom stereocenters. The maximum absolute atomic E-state index is 11.9. The summed E-state index contributed by atoms with van der Waals surface area (Å²) in [5.74, 6) is -0.143. The number of carbonyl (C=O) groups excluding carboxylic acids is 2. The van der Waals surface area contributed by atoms with Crippen molar-refractivity contribution in [1.82, 2.24) is 0 Å².